The van der Waals surface area contributed by atoms with Crippen LogP contribution in [0.2, 0.25) is 0 Å². The maximum Gasteiger partial charge on any atom is 0.191 e. The van der Waals surface area contributed by atoms with Gasteiger partial charge in [-0.25, -0.2) is 0 Å². The van der Waals surface area contributed by atoms with Gasteiger partial charge in [0.15, 0.2) is 5.96 Å². The second-order valence-corrected chi connectivity index (χ2v) is 6.83. The van der Waals surface area contributed by atoms with E-state index >= 15 is 0 Å². The smallest absolute Gasteiger partial charge is 0.191 e. The first kappa shape index (κ1) is 20.7. The Morgan fingerprint density at radius 2 is 2.13 bits per heavy atom. The quantitative estimate of drug-likeness (QED) is 0.396. The van der Waals surface area contributed by atoms with Crippen LogP contribution in [0.5, 0.6) is 0 Å². The first-order valence-corrected chi connectivity index (χ1v) is 8.87. The molecule has 1 saturated heterocycles. The molecule has 0 spiro atoms. The van der Waals surface area contributed by atoms with E-state index in [1.807, 2.05) is 7.05 Å². The van der Waals surface area contributed by atoms with Gasteiger partial charge >= 0.3 is 0 Å². The van der Waals surface area contributed by atoms with E-state index in [-0.39, 0.29) is 30.0 Å². The Morgan fingerprint density at radius 1 is 1.39 bits per heavy atom. The van der Waals surface area contributed by atoms with Crippen molar-refractivity contribution in [3.05, 3.63) is 22.4 Å². The zero-order chi connectivity index (χ0) is 15.8. The minimum Gasteiger partial charge on any atom is -0.379 e. The molecule has 0 saturated carbocycles. The van der Waals surface area contributed by atoms with Gasteiger partial charge in [-0.2, -0.15) is 0 Å². The van der Waals surface area contributed by atoms with Crippen LogP contribution in [0.1, 0.15) is 24.8 Å². The van der Waals surface area contributed by atoms with Crippen LogP contribution in [0.4, 0.5) is 0 Å². The third-order valence-electron chi connectivity index (χ3n) is 3.84. The maximum atomic E-state index is 5.39. The Labute approximate surface area is 160 Å². The summed E-state index contributed by atoms with van der Waals surface area (Å²) in [5.74, 6) is 1.45. The molecule has 5 nitrogen and oxygen atoms in total. The monoisotopic (exact) mass is 452 g/mol. The molecule has 0 aliphatic carbocycles. The predicted molar refractivity (Wildman–Crippen MR) is 109 cm³/mol. The zero-order valence-corrected chi connectivity index (χ0v) is 17.4. The third-order valence-corrected chi connectivity index (χ3v) is 4.89. The highest BCUT2D eigenvalue weighted by atomic mass is 127. The molecular weight excluding hydrogens is 423 g/mol. The number of aliphatic imine (C=N–C) groups is 1. The molecule has 2 rings (SSSR count). The Bertz CT molecular complexity index is 449. The number of rotatable bonds is 6. The molecular formula is C16H29IN4OS. The van der Waals surface area contributed by atoms with Crippen LogP contribution in [-0.4, -0.2) is 57.3 Å². The fourth-order valence-corrected chi connectivity index (χ4v) is 3.30. The van der Waals surface area contributed by atoms with Crippen LogP contribution in [0.15, 0.2) is 22.5 Å². The van der Waals surface area contributed by atoms with Crippen LogP contribution < -0.4 is 10.6 Å². The fourth-order valence-electron chi connectivity index (χ4n) is 2.57. The first-order chi connectivity index (χ1) is 10.7. The van der Waals surface area contributed by atoms with Gasteiger partial charge in [-0.3, -0.25) is 9.89 Å². The molecule has 1 aromatic heterocycles. The lowest BCUT2D eigenvalue weighted by atomic mass is 10.1. The van der Waals surface area contributed by atoms with Crippen LogP contribution >= 0.6 is 35.3 Å². The molecule has 1 aliphatic rings. The third kappa shape index (κ3) is 7.36. The number of halogens is 1. The highest BCUT2D eigenvalue weighted by molar-refractivity contribution is 14.0. The van der Waals surface area contributed by atoms with Crippen LogP contribution in [0.25, 0.3) is 0 Å². The second-order valence-electron chi connectivity index (χ2n) is 5.85. The van der Waals surface area contributed by atoms with Crippen molar-refractivity contribution in [3.63, 3.8) is 0 Å². The minimum absolute atomic E-state index is 0. The Balaban J connectivity index is 0.00000264. The van der Waals surface area contributed by atoms with Crippen molar-refractivity contribution in [2.75, 3.05) is 46.4 Å². The van der Waals surface area contributed by atoms with Gasteiger partial charge in [-0.1, -0.05) is 13.0 Å². The molecule has 0 bridgehead atoms. The Morgan fingerprint density at radius 3 is 2.74 bits per heavy atom. The summed E-state index contributed by atoms with van der Waals surface area (Å²) in [6, 6.07) is 4.51. The SMILES string of the molecule is CN=C(NCC(C)CN1CCOCC1)NC(C)c1cccs1.I. The molecule has 23 heavy (non-hydrogen) atoms. The average molecular weight is 452 g/mol. The number of guanidine groups is 1. The van der Waals surface area contributed by atoms with Crippen molar-refractivity contribution < 1.29 is 4.74 Å². The fraction of sp³-hybridized carbons (Fsp3) is 0.688. The van der Waals surface area contributed by atoms with E-state index < -0.39 is 0 Å². The van der Waals surface area contributed by atoms with Crippen molar-refractivity contribution in [1.29, 1.82) is 0 Å². The van der Waals surface area contributed by atoms with Crippen LogP contribution in [0, 0.1) is 5.92 Å². The van der Waals surface area contributed by atoms with E-state index in [0.29, 0.717) is 5.92 Å². The van der Waals surface area contributed by atoms with Crippen molar-refractivity contribution in [2.24, 2.45) is 10.9 Å². The summed E-state index contributed by atoms with van der Waals surface area (Å²) >= 11 is 1.77. The molecule has 2 heterocycles. The first-order valence-electron chi connectivity index (χ1n) is 7.99. The van der Waals surface area contributed by atoms with Crippen molar-refractivity contribution in [3.8, 4) is 0 Å². The topological polar surface area (TPSA) is 48.9 Å². The summed E-state index contributed by atoms with van der Waals surface area (Å²) in [5.41, 5.74) is 0. The second kappa shape index (κ2) is 11.2. The van der Waals surface area contributed by atoms with Crippen molar-refractivity contribution >= 4 is 41.3 Å². The van der Waals surface area contributed by atoms with Gasteiger partial charge in [-0.05, 0) is 24.3 Å². The number of hydrogen-bond acceptors (Lipinski definition) is 4. The van der Waals surface area contributed by atoms with Gasteiger partial charge in [0, 0.05) is 38.1 Å². The Hall–Kier alpha value is -0.380. The Kier molecular flexibility index (Phi) is 10.1. The molecule has 7 heteroatoms. The van der Waals surface area contributed by atoms with Crippen LogP contribution in [0.3, 0.4) is 0 Å². The van der Waals surface area contributed by atoms with Gasteiger partial charge < -0.3 is 15.4 Å². The summed E-state index contributed by atoms with van der Waals surface area (Å²) in [6.45, 7) is 10.3. The molecule has 1 fully saturated rings. The van der Waals surface area contributed by atoms with E-state index in [1.165, 1.54) is 4.88 Å². The van der Waals surface area contributed by atoms with Gasteiger partial charge in [0.2, 0.25) is 0 Å². The van der Waals surface area contributed by atoms with E-state index in [1.54, 1.807) is 11.3 Å². The highest BCUT2D eigenvalue weighted by Gasteiger charge is 2.14. The molecule has 1 aromatic rings. The number of nitrogens with one attached hydrogen (secondary N) is 2. The normalized spacial score (nSPS) is 18.8. The van der Waals surface area contributed by atoms with Gasteiger partial charge in [-0.15, -0.1) is 35.3 Å². The number of ether oxygens (including phenoxy) is 1. The molecule has 132 valence electrons. The molecule has 2 atom stereocenters. The lowest BCUT2D eigenvalue weighted by molar-refractivity contribution is 0.0320. The van der Waals surface area contributed by atoms with Gasteiger partial charge in [0.25, 0.3) is 0 Å². The lowest BCUT2D eigenvalue weighted by Gasteiger charge is -2.29. The standard InChI is InChI=1S/C16H28N4OS.HI/c1-13(12-20-6-8-21-9-7-20)11-18-16(17-3)19-14(2)15-5-4-10-22-15;/h4-5,10,13-14H,6-9,11-12H2,1-3H3,(H2,17,18,19);1H. The summed E-state index contributed by atoms with van der Waals surface area (Å²) in [6.07, 6.45) is 0. The lowest BCUT2D eigenvalue weighted by Crippen LogP contribution is -2.44. The van der Waals surface area contributed by atoms with Crippen LogP contribution in [-0.2, 0) is 4.74 Å². The van der Waals surface area contributed by atoms with Gasteiger partial charge in [0.05, 0.1) is 19.3 Å². The highest BCUT2D eigenvalue weighted by Crippen LogP contribution is 2.17. The number of hydrogen-bond donors (Lipinski definition) is 2. The van der Waals surface area contributed by atoms with E-state index in [9.17, 15) is 0 Å². The molecule has 1 aliphatic heterocycles. The summed E-state index contributed by atoms with van der Waals surface area (Å²) in [4.78, 5) is 8.12. The van der Waals surface area contributed by atoms with Crippen molar-refractivity contribution in [1.82, 2.24) is 15.5 Å². The molecule has 0 radical (unpaired) electrons. The summed E-state index contributed by atoms with van der Waals surface area (Å²) in [7, 11) is 1.82. The zero-order valence-electron chi connectivity index (χ0n) is 14.2. The van der Waals surface area contributed by atoms with Gasteiger partial charge in [0.1, 0.15) is 0 Å². The largest absolute Gasteiger partial charge is 0.379 e. The molecule has 0 amide bonds. The summed E-state index contributed by atoms with van der Waals surface area (Å²) < 4.78 is 5.39. The molecule has 0 aromatic carbocycles. The molecule has 2 N–H and O–H groups in total. The van der Waals surface area contributed by atoms with E-state index in [0.717, 1.165) is 45.4 Å². The number of morpholine rings is 1. The van der Waals surface area contributed by atoms with E-state index in [2.05, 4.69) is 51.9 Å². The van der Waals surface area contributed by atoms with Crippen molar-refractivity contribution in [2.45, 2.75) is 19.9 Å². The number of thiophene rings is 1. The average Bonchev–Trinajstić information content (AvgIpc) is 3.06. The maximum absolute atomic E-state index is 5.39. The predicted octanol–water partition coefficient (Wildman–Crippen LogP) is 2.56. The van der Waals surface area contributed by atoms with E-state index in [4.69, 9.17) is 4.74 Å². The minimum atomic E-state index is 0. The summed E-state index contributed by atoms with van der Waals surface area (Å²) in [5, 5.41) is 8.99. The molecule has 2 unspecified atom stereocenters. The number of nitrogens with zero attached hydrogens (tertiary/aromatic N) is 2.